The summed E-state index contributed by atoms with van der Waals surface area (Å²) in [5.41, 5.74) is 0.709. The number of hydrogen-bond donors (Lipinski definition) is 1. The van der Waals surface area contributed by atoms with Crippen molar-refractivity contribution in [1.29, 1.82) is 0 Å². The highest BCUT2D eigenvalue weighted by Gasteiger charge is 2.35. The van der Waals surface area contributed by atoms with Gasteiger partial charge in [-0.3, -0.25) is 4.72 Å². The first-order valence-corrected chi connectivity index (χ1v) is 12.3. The van der Waals surface area contributed by atoms with Crippen LogP contribution in [0.4, 0.5) is 20.2 Å². The fraction of sp³-hybridized carbons (Fsp3) is 0.438. The number of nitrogens with one attached hydrogen (secondary N) is 1. The number of aromatic nitrogens is 1. The third-order valence-corrected chi connectivity index (χ3v) is 9.42. The van der Waals surface area contributed by atoms with Gasteiger partial charge in [-0.1, -0.05) is 23.5 Å². The molecule has 1 fully saturated rings. The predicted octanol–water partition coefficient (Wildman–Crippen LogP) is 2.43. The molecule has 0 aliphatic carbocycles. The molecule has 0 unspecified atom stereocenters. The van der Waals surface area contributed by atoms with Crippen LogP contribution in [0, 0.1) is 0 Å². The van der Waals surface area contributed by atoms with Gasteiger partial charge >= 0.3 is 0 Å². The smallest absolute Gasteiger partial charge is 0.273 e. The van der Waals surface area contributed by atoms with Crippen molar-refractivity contribution < 1.29 is 25.6 Å². The molecule has 3 rings (SSSR count). The zero-order valence-corrected chi connectivity index (χ0v) is 18.1. The Morgan fingerprint density at radius 1 is 1.14 bits per heavy atom. The second-order valence-electron chi connectivity index (χ2n) is 6.70. The predicted molar refractivity (Wildman–Crippen MR) is 107 cm³/mol. The number of anilines is 2. The fourth-order valence-corrected chi connectivity index (χ4v) is 6.48. The van der Waals surface area contributed by atoms with E-state index in [0.29, 0.717) is 17.0 Å². The number of thiazole rings is 1. The molecule has 1 aromatic carbocycles. The molecular weight excluding hydrogens is 446 g/mol. The van der Waals surface area contributed by atoms with Gasteiger partial charge in [0.25, 0.3) is 26.0 Å². The van der Waals surface area contributed by atoms with Crippen LogP contribution in [-0.4, -0.2) is 59.2 Å². The highest BCUT2D eigenvalue weighted by atomic mass is 32.3. The topological polar surface area (TPSA) is 99.7 Å². The third-order valence-electron chi connectivity index (χ3n) is 4.41. The van der Waals surface area contributed by atoms with Crippen LogP contribution in [0.15, 0.2) is 39.0 Å². The van der Waals surface area contributed by atoms with E-state index in [1.807, 2.05) is 0 Å². The Kier molecular flexibility index (Phi) is 5.87. The zero-order chi connectivity index (χ0) is 21.4. The number of sulfonamides is 2. The van der Waals surface area contributed by atoms with E-state index in [9.17, 15) is 25.6 Å². The molecule has 0 saturated carbocycles. The van der Waals surface area contributed by atoms with Crippen LogP contribution >= 0.6 is 11.3 Å². The Bertz CT molecular complexity index is 1090. The van der Waals surface area contributed by atoms with Gasteiger partial charge in [-0.15, -0.1) is 0 Å². The maximum Gasteiger partial charge on any atom is 0.273 e. The molecule has 0 radical (unpaired) electrons. The lowest BCUT2D eigenvalue weighted by Gasteiger charge is -2.34. The van der Waals surface area contributed by atoms with Crippen LogP contribution in [0.2, 0.25) is 0 Å². The molecule has 13 heteroatoms. The Morgan fingerprint density at radius 3 is 2.38 bits per heavy atom. The van der Waals surface area contributed by atoms with Crippen molar-refractivity contribution >= 4 is 42.8 Å². The van der Waals surface area contributed by atoms with Gasteiger partial charge in [-0.25, -0.2) is 34.9 Å². The highest BCUT2D eigenvalue weighted by molar-refractivity contribution is 7.96. The Hall–Kier alpha value is -1.83. The summed E-state index contributed by atoms with van der Waals surface area (Å²) in [6.07, 6.45) is 0.358. The van der Waals surface area contributed by atoms with Crippen LogP contribution in [0.5, 0.6) is 0 Å². The molecule has 160 valence electrons. The molecular formula is C16H20F2N4O4S3. The average Bonchev–Trinajstić information content (AvgIpc) is 3.14. The minimum Gasteiger partial charge on any atom is -0.369 e. The molecule has 0 bridgehead atoms. The number of piperidine rings is 1. The number of nitrogens with zero attached hydrogens (tertiary/aromatic N) is 3. The average molecular weight is 467 g/mol. The van der Waals surface area contributed by atoms with Crippen molar-refractivity contribution in [3.8, 4) is 0 Å². The lowest BCUT2D eigenvalue weighted by atomic mass is 10.1. The first kappa shape index (κ1) is 21.9. The van der Waals surface area contributed by atoms with Crippen molar-refractivity contribution in [2.75, 3.05) is 36.8 Å². The molecule has 29 heavy (non-hydrogen) atoms. The Balaban J connectivity index is 1.86. The quantitative estimate of drug-likeness (QED) is 0.702. The molecule has 2 heterocycles. The number of halogens is 2. The molecule has 0 spiro atoms. The Morgan fingerprint density at radius 2 is 1.76 bits per heavy atom. The highest BCUT2D eigenvalue weighted by Crippen LogP contribution is 2.35. The lowest BCUT2D eigenvalue weighted by molar-refractivity contribution is -0.0220. The molecule has 1 saturated heterocycles. The van der Waals surface area contributed by atoms with E-state index in [-0.39, 0.29) is 40.2 Å². The summed E-state index contributed by atoms with van der Waals surface area (Å²) in [7, 11) is -5.33. The van der Waals surface area contributed by atoms with Gasteiger partial charge in [0.15, 0.2) is 4.21 Å². The standard InChI is InChI=1S/C16H20F2N4O4S3/c1-21(2)29(25,26)15-19-11-14(27-15)28(23,24)20-12-5-3-4-6-13(12)22-9-7-16(17,18)8-10-22/h3-6,11,20H,7-10H2,1-2H3. The van der Waals surface area contributed by atoms with Crippen LogP contribution in [0.3, 0.4) is 0 Å². The maximum absolute atomic E-state index is 13.4. The van der Waals surface area contributed by atoms with Crippen LogP contribution in [-0.2, 0) is 20.0 Å². The first-order chi connectivity index (χ1) is 13.4. The van der Waals surface area contributed by atoms with Gasteiger partial charge in [0.2, 0.25) is 4.34 Å². The van der Waals surface area contributed by atoms with Gasteiger partial charge in [0, 0.05) is 40.0 Å². The van der Waals surface area contributed by atoms with Crippen LogP contribution < -0.4 is 9.62 Å². The van der Waals surface area contributed by atoms with Crippen molar-refractivity contribution in [3.05, 3.63) is 30.5 Å². The van der Waals surface area contributed by atoms with E-state index in [4.69, 9.17) is 0 Å². The van der Waals surface area contributed by atoms with Gasteiger partial charge in [-0.2, -0.15) is 0 Å². The van der Waals surface area contributed by atoms with Crippen molar-refractivity contribution in [1.82, 2.24) is 9.29 Å². The summed E-state index contributed by atoms with van der Waals surface area (Å²) in [6, 6.07) is 6.48. The normalized spacial score (nSPS) is 17.5. The van der Waals surface area contributed by atoms with Crippen molar-refractivity contribution in [2.24, 2.45) is 0 Å². The monoisotopic (exact) mass is 466 g/mol. The van der Waals surface area contributed by atoms with E-state index in [0.717, 1.165) is 10.5 Å². The van der Waals surface area contributed by atoms with E-state index < -0.39 is 26.0 Å². The number of hydrogen-bond acceptors (Lipinski definition) is 7. The van der Waals surface area contributed by atoms with Crippen LogP contribution in [0.1, 0.15) is 12.8 Å². The SMILES string of the molecule is CN(C)S(=O)(=O)c1ncc(S(=O)(=O)Nc2ccccc2N2CCC(F)(F)CC2)s1. The molecule has 0 amide bonds. The molecule has 0 atom stereocenters. The molecule has 1 aliphatic heterocycles. The van der Waals surface area contributed by atoms with Crippen LogP contribution in [0.25, 0.3) is 0 Å². The summed E-state index contributed by atoms with van der Waals surface area (Å²) >= 11 is 0.532. The van der Waals surface area contributed by atoms with E-state index in [1.54, 1.807) is 23.1 Å². The Labute approximate surface area is 172 Å². The van der Waals surface area contributed by atoms with E-state index in [1.165, 1.54) is 20.2 Å². The van der Waals surface area contributed by atoms with E-state index in [2.05, 4.69) is 9.71 Å². The summed E-state index contributed by atoms with van der Waals surface area (Å²) in [4.78, 5) is 5.42. The zero-order valence-electron chi connectivity index (χ0n) is 15.7. The van der Waals surface area contributed by atoms with Gasteiger partial charge < -0.3 is 4.90 Å². The van der Waals surface area contributed by atoms with Crippen molar-refractivity contribution in [3.63, 3.8) is 0 Å². The molecule has 8 nitrogen and oxygen atoms in total. The molecule has 1 aliphatic rings. The molecule has 2 aromatic rings. The van der Waals surface area contributed by atoms with Gasteiger partial charge in [0.1, 0.15) is 0 Å². The number of rotatable bonds is 6. The number of benzene rings is 1. The van der Waals surface area contributed by atoms with Gasteiger partial charge in [-0.05, 0) is 12.1 Å². The number of alkyl halides is 2. The van der Waals surface area contributed by atoms with Gasteiger partial charge in [0.05, 0.1) is 17.6 Å². The van der Waals surface area contributed by atoms with E-state index >= 15 is 0 Å². The second kappa shape index (κ2) is 7.78. The largest absolute Gasteiger partial charge is 0.369 e. The van der Waals surface area contributed by atoms with Crippen molar-refractivity contribution in [2.45, 2.75) is 27.3 Å². The first-order valence-electron chi connectivity index (χ1n) is 8.55. The minimum absolute atomic E-state index is 0.0948. The molecule has 1 N–H and O–H groups in total. The summed E-state index contributed by atoms with van der Waals surface area (Å²) < 4.78 is 79.4. The summed E-state index contributed by atoms with van der Waals surface area (Å²) in [6.45, 7) is 0.190. The second-order valence-corrected chi connectivity index (χ2v) is 12.0. The minimum atomic E-state index is -4.11. The summed E-state index contributed by atoms with van der Waals surface area (Å²) in [5, 5.41) is 0. The third kappa shape index (κ3) is 4.68. The number of para-hydroxylation sites is 2. The summed E-state index contributed by atoms with van der Waals surface area (Å²) in [5.74, 6) is -2.72. The lowest BCUT2D eigenvalue weighted by Crippen LogP contribution is -2.39. The molecule has 1 aromatic heterocycles. The fourth-order valence-electron chi connectivity index (χ4n) is 2.75. The maximum atomic E-state index is 13.4.